The molecule has 4 aromatic rings. The number of likely N-dealkylation sites (tertiary alicyclic amines) is 1. The fourth-order valence-corrected chi connectivity index (χ4v) is 14.3. The van der Waals surface area contributed by atoms with E-state index < -0.39 is 35.1 Å². The second-order valence-electron chi connectivity index (χ2n) is 24.7. The molecule has 8 bridgehead atoms. The van der Waals surface area contributed by atoms with Gasteiger partial charge in [0.1, 0.15) is 22.7 Å². The van der Waals surface area contributed by atoms with Gasteiger partial charge in [-0.05, 0) is 115 Å². The van der Waals surface area contributed by atoms with Crippen molar-refractivity contribution in [2.75, 3.05) is 77.6 Å². The van der Waals surface area contributed by atoms with Crippen LogP contribution in [0.1, 0.15) is 128 Å². The van der Waals surface area contributed by atoms with Crippen LogP contribution in [0.5, 0.6) is 0 Å². The summed E-state index contributed by atoms with van der Waals surface area (Å²) in [6.07, 6.45) is 9.97. The molecule has 13 rings (SSSR count). The van der Waals surface area contributed by atoms with Crippen LogP contribution in [0.3, 0.4) is 0 Å². The Morgan fingerprint density at radius 1 is 0.974 bits per heavy atom. The number of pyridine rings is 1. The van der Waals surface area contributed by atoms with Crippen molar-refractivity contribution in [2.24, 2.45) is 11.3 Å². The molecule has 2 saturated carbocycles. The van der Waals surface area contributed by atoms with E-state index in [9.17, 15) is 9.59 Å². The first-order valence-electron chi connectivity index (χ1n) is 28.4. The van der Waals surface area contributed by atoms with E-state index in [1.807, 2.05) is 13.1 Å². The summed E-state index contributed by atoms with van der Waals surface area (Å²) in [6.45, 7) is 20.4. The zero-order valence-electron chi connectivity index (χ0n) is 45.7. The second-order valence-corrected chi connectivity index (χ2v) is 25.6. The molecule has 1 aromatic carbocycles. The van der Waals surface area contributed by atoms with Crippen molar-refractivity contribution in [2.45, 2.75) is 166 Å². The zero-order chi connectivity index (χ0) is 52.7. The van der Waals surface area contributed by atoms with Gasteiger partial charge in [0.25, 0.3) is 11.8 Å². The smallest absolute Gasteiger partial charge is 0.324 e. The Hall–Kier alpha value is -4.53. The van der Waals surface area contributed by atoms with Gasteiger partial charge in [-0.25, -0.2) is 10.4 Å². The number of hydrogen-bond donors (Lipinski definition) is 2. The van der Waals surface area contributed by atoms with Gasteiger partial charge in [-0.15, -0.1) is 11.3 Å². The summed E-state index contributed by atoms with van der Waals surface area (Å²) >= 11 is 1.52. The number of carbonyl (C=O) groups excluding carboxylic acids is 3. The number of nitrogens with zero attached hydrogens (tertiary/aromatic N) is 7. The third-order valence-corrected chi connectivity index (χ3v) is 18.9. The van der Waals surface area contributed by atoms with E-state index in [1.54, 1.807) is 12.1 Å². The maximum Gasteiger partial charge on any atom is 0.324 e. The largest absolute Gasteiger partial charge is 0.464 e. The van der Waals surface area contributed by atoms with Gasteiger partial charge >= 0.3 is 5.97 Å². The van der Waals surface area contributed by atoms with Crippen LogP contribution < -0.4 is 15.6 Å². The highest BCUT2D eigenvalue weighted by molar-refractivity contribution is 7.10. The summed E-state index contributed by atoms with van der Waals surface area (Å²) < 4.78 is 34.1. The number of methoxy groups -OCH3 is 1. The summed E-state index contributed by atoms with van der Waals surface area (Å²) in [5, 5.41) is 8.73. The first kappa shape index (κ1) is 52.2. The third kappa shape index (κ3) is 10.1. The molecule has 7 aliphatic heterocycles. The number of esters is 1. The molecule has 6 atom stereocenters. The average molecular weight is 1060 g/mol. The van der Waals surface area contributed by atoms with E-state index in [0.717, 1.165) is 120 Å². The Labute approximate surface area is 451 Å². The number of aromatic nitrogens is 3. The molecule has 6 saturated heterocycles. The van der Waals surface area contributed by atoms with Crippen molar-refractivity contribution in [3.05, 3.63) is 52.1 Å². The van der Waals surface area contributed by atoms with E-state index >= 15 is 4.79 Å². The molecule has 410 valence electrons. The lowest BCUT2D eigenvalue weighted by Crippen LogP contribution is -2.65. The molecule has 2 amide bonds. The van der Waals surface area contributed by atoms with Crippen LogP contribution in [0, 0.1) is 11.3 Å². The molecule has 0 radical (unpaired) electrons. The Morgan fingerprint density at radius 2 is 1.78 bits per heavy atom. The predicted octanol–water partition coefficient (Wildman–Crippen LogP) is 7.21. The van der Waals surface area contributed by atoms with E-state index in [2.05, 4.69) is 94.3 Å². The van der Waals surface area contributed by atoms with Gasteiger partial charge in [-0.1, -0.05) is 19.9 Å². The van der Waals surface area contributed by atoms with Crippen molar-refractivity contribution >= 4 is 45.7 Å². The minimum Gasteiger partial charge on any atom is -0.464 e. The lowest BCUT2D eigenvalue weighted by atomic mass is 9.72. The standard InChI is InChI=1S/C58H79N9O8S/c1-35-38-28-58(29-38,75-35)55(70)61-49-51(65-16-9-17-65)52-60-46(33-76-52)37-11-14-47-42(26-37)44(31-56(3,4)34-73-54(69)45-10-8-18-67(62-45)53(49)68)50(66(47)23-25-72-41-15-24-74-57(5,6)30-41)43-27-40(32-59-48(43)36(2)71-7)64-21-19-63(20-22-64)39-12-13-39/h11,14,26-27,32-33,35-36,38-39,41,45,49,51,62H,8-10,12-13,15-25,28-31,34H2,1-7H3,(H,61,70)/t35-,36-,38?,41-,45-,49-,51-,58?/m0/s1. The van der Waals surface area contributed by atoms with Gasteiger partial charge in [0.15, 0.2) is 0 Å². The molecule has 2 aliphatic carbocycles. The van der Waals surface area contributed by atoms with Crippen LogP contribution in [-0.4, -0.2) is 161 Å². The Balaban J connectivity index is 0.993. The van der Waals surface area contributed by atoms with Crippen molar-refractivity contribution in [3.63, 3.8) is 0 Å². The molecule has 2 N–H and O–H groups in total. The molecule has 17 nitrogen and oxygen atoms in total. The Kier molecular flexibility index (Phi) is 14.1. The number of cyclic esters (lactones) is 1. The lowest BCUT2D eigenvalue weighted by molar-refractivity contribution is -0.158. The second kappa shape index (κ2) is 20.6. The lowest BCUT2D eigenvalue weighted by Gasteiger charge is -2.44. The average Bonchev–Trinajstić information content (AvgIpc) is 3.78. The number of rotatable bonds is 12. The first-order chi connectivity index (χ1) is 36.6. The minimum atomic E-state index is -0.991. The van der Waals surface area contributed by atoms with Gasteiger partial charge < -0.3 is 38.5 Å². The number of thiazole rings is 1. The van der Waals surface area contributed by atoms with Crippen LogP contribution in [-0.2, 0) is 51.0 Å². The maximum atomic E-state index is 15.2. The number of carbonyl (C=O) groups is 3. The molecule has 0 spiro atoms. The fourth-order valence-electron chi connectivity index (χ4n) is 13.3. The van der Waals surface area contributed by atoms with Gasteiger partial charge in [-0.3, -0.25) is 34.2 Å². The molecule has 10 heterocycles. The Bertz CT molecular complexity index is 2830. The van der Waals surface area contributed by atoms with Crippen molar-refractivity contribution < 1.29 is 38.1 Å². The number of anilines is 1. The molecule has 18 heteroatoms. The predicted molar refractivity (Wildman–Crippen MR) is 291 cm³/mol. The quantitative estimate of drug-likeness (QED) is 0.137. The summed E-state index contributed by atoms with van der Waals surface area (Å²) in [5.74, 6) is -0.632. The van der Waals surface area contributed by atoms with Gasteiger partial charge in [0.05, 0.1) is 72.1 Å². The monoisotopic (exact) mass is 1060 g/mol. The van der Waals surface area contributed by atoms with E-state index in [0.29, 0.717) is 64.3 Å². The molecule has 9 aliphatic rings. The van der Waals surface area contributed by atoms with Crippen LogP contribution in [0.15, 0.2) is 35.8 Å². The number of hydrazine groups is 1. The first-order valence-corrected chi connectivity index (χ1v) is 29.3. The highest BCUT2D eigenvalue weighted by Crippen LogP contribution is 2.53. The summed E-state index contributed by atoms with van der Waals surface area (Å²) in [5.41, 5.74) is 9.48. The molecular formula is C58H79N9O8S. The molecule has 3 aromatic heterocycles. The highest BCUT2D eigenvalue weighted by Gasteiger charge is 2.61. The molecular weight excluding hydrogens is 983 g/mol. The summed E-state index contributed by atoms with van der Waals surface area (Å²) in [7, 11) is 1.75. The highest BCUT2D eigenvalue weighted by atomic mass is 32.1. The number of nitrogens with one attached hydrogen (secondary N) is 2. The zero-order valence-corrected chi connectivity index (χ0v) is 46.6. The number of hydrogen-bond acceptors (Lipinski definition) is 15. The fraction of sp³-hybridized carbons (Fsp3) is 0.672. The number of fused-ring (bicyclic) bond motifs is 7. The maximum absolute atomic E-state index is 15.2. The molecule has 0 unspecified atom stereocenters. The minimum absolute atomic E-state index is 0.0144. The van der Waals surface area contributed by atoms with E-state index in [-0.39, 0.29) is 42.3 Å². The van der Waals surface area contributed by atoms with Crippen LogP contribution in [0.4, 0.5) is 5.69 Å². The third-order valence-electron chi connectivity index (χ3n) is 18.0. The number of piperazine rings is 1. The summed E-state index contributed by atoms with van der Waals surface area (Å²) in [6, 6.07) is 7.45. The van der Waals surface area contributed by atoms with Gasteiger partial charge in [-0.2, -0.15) is 0 Å². The molecule has 8 fully saturated rings. The number of amides is 2. The van der Waals surface area contributed by atoms with E-state index in [4.69, 9.17) is 33.7 Å². The molecule has 76 heavy (non-hydrogen) atoms. The van der Waals surface area contributed by atoms with Crippen LogP contribution in [0.2, 0.25) is 0 Å². The van der Waals surface area contributed by atoms with Crippen molar-refractivity contribution in [1.82, 2.24) is 40.1 Å². The van der Waals surface area contributed by atoms with E-state index in [1.165, 1.54) is 24.2 Å². The van der Waals surface area contributed by atoms with Crippen molar-refractivity contribution in [3.8, 4) is 22.5 Å². The van der Waals surface area contributed by atoms with Crippen LogP contribution in [0.25, 0.3) is 33.4 Å². The normalized spacial score (nSPS) is 30.4. The topological polar surface area (TPSA) is 165 Å². The van der Waals surface area contributed by atoms with Crippen LogP contribution >= 0.6 is 11.3 Å². The van der Waals surface area contributed by atoms with Gasteiger partial charge in [0, 0.05) is 111 Å². The number of benzene rings is 1. The summed E-state index contributed by atoms with van der Waals surface area (Å²) in [4.78, 5) is 62.1. The van der Waals surface area contributed by atoms with Gasteiger partial charge in [0.2, 0.25) is 0 Å². The SMILES string of the molecule is CO[C@@H](C)c1ncc(N2CCN(C3CC3)CC2)cc1-c1c2c3cc(ccc3n1CCO[C@H]1CCOC(C)(C)C1)-c1csc(n1)[C@@H](N1CCC1)[C@H](NC(=O)C13CC(C1)[C@H](C)O3)C(=O)N1CCC[C@H](N1)C(=O)OCC(C)(C)C2. The van der Waals surface area contributed by atoms with Crippen molar-refractivity contribution in [1.29, 1.82) is 0 Å². The Morgan fingerprint density at radius 3 is 2.49 bits per heavy atom. The number of ether oxygens (including phenoxy) is 5.